The van der Waals surface area contributed by atoms with Gasteiger partial charge in [-0.05, 0) is 13.8 Å². The number of amides is 2. The molecule has 106 valence electrons. The van der Waals surface area contributed by atoms with Crippen molar-refractivity contribution in [2.24, 2.45) is 0 Å². The number of aryl methyl sites for hydroxylation is 1. The summed E-state index contributed by atoms with van der Waals surface area (Å²) in [6.07, 6.45) is -0.244. The van der Waals surface area contributed by atoms with Crippen molar-refractivity contribution in [2.75, 3.05) is 20.2 Å². The van der Waals surface area contributed by atoms with Crippen molar-refractivity contribution >= 4 is 23.3 Å². The maximum atomic E-state index is 11.8. The Labute approximate surface area is 116 Å². The largest absolute Gasteiger partial charge is 0.450 e. The smallest absolute Gasteiger partial charge is 0.407 e. The van der Waals surface area contributed by atoms with E-state index in [1.165, 1.54) is 0 Å². The molecule has 0 aliphatic carbocycles. The SMILES string of the molecule is CCOC(=O)NCCC(=O)N(C)Cc1csc(C)n1. The van der Waals surface area contributed by atoms with Gasteiger partial charge in [-0.15, -0.1) is 11.3 Å². The molecule has 0 saturated carbocycles. The zero-order chi connectivity index (χ0) is 14.3. The summed E-state index contributed by atoms with van der Waals surface area (Å²) in [7, 11) is 1.72. The monoisotopic (exact) mass is 285 g/mol. The summed E-state index contributed by atoms with van der Waals surface area (Å²) < 4.78 is 4.70. The van der Waals surface area contributed by atoms with Crippen LogP contribution in [0.1, 0.15) is 24.0 Å². The predicted molar refractivity (Wildman–Crippen MR) is 73.0 cm³/mol. The van der Waals surface area contributed by atoms with Gasteiger partial charge in [-0.3, -0.25) is 4.79 Å². The van der Waals surface area contributed by atoms with Crippen molar-refractivity contribution in [3.05, 3.63) is 16.1 Å². The normalized spacial score (nSPS) is 10.1. The summed E-state index contributed by atoms with van der Waals surface area (Å²) in [6, 6.07) is 0. The number of carbonyl (C=O) groups is 2. The summed E-state index contributed by atoms with van der Waals surface area (Å²) in [4.78, 5) is 28.7. The lowest BCUT2D eigenvalue weighted by molar-refractivity contribution is -0.130. The molecular formula is C12H19N3O3S. The van der Waals surface area contributed by atoms with E-state index >= 15 is 0 Å². The van der Waals surface area contributed by atoms with E-state index in [1.54, 1.807) is 30.2 Å². The van der Waals surface area contributed by atoms with Gasteiger partial charge in [0, 0.05) is 25.4 Å². The van der Waals surface area contributed by atoms with Gasteiger partial charge in [-0.25, -0.2) is 9.78 Å². The molecule has 0 aromatic carbocycles. The Morgan fingerprint density at radius 2 is 2.26 bits per heavy atom. The molecular weight excluding hydrogens is 266 g/mol. The van der Waals surface area contributed by atoms with Gasteiger partial charge in [-0.1, -0.05) is 0 Å². The molecule has 0 radical (unpaired) electrons. The molecule has 1 aromatic heterocycles. The summed E-state index contributed by atoms with van der Waals surface area (Å²) >= 11 is 1.56. The standard InChI is InChI=1S/C12H19N3O3S/c1-4-18-12(17)13-6-5-11(16)15(3)7-10-8-19-9(2)14-10/h8H,4-7H2,1-3H3,(H,13,17). The minimum absolute atomic E-state index is 0.0394. The molecule has 7 heteroatoms. The van der Waals surface area contributed by atoms with Gasteiger partial charge < -0.3 is 15.0 Å². The van der Waals surface area contributed by atoms with Crippen LogP contribution in [0.2, 0.25) is 0 Å². The Hall–Kier alpha value is -1.63. The minimum atomic E-state index is -0.493. The number of carbonyl (C=O) groups excluding carboxylic acids is 2. The Morgan fingerprint density at radius 3 is 2.84 bits per heavy atom. The lowest BCUT2D eigenvalue weighted by Crippen LogP contribution is -2.32. The van der Waals surface area contributed by atoms with Crippen LogP contribution in [0.3, 0.4) is 0 Å². The molecule has 6 nitrogen and oxygen atoms in total. The Bertz CT molecular complexity index is 434. The summed E-state index contributed by atoms with van der Waals surface area (Å²) in [6.45, 7) is 4.75. The first-order chi connectivity index (χ1) is 9.02. The molecule has 0 saturated heterocycles. The van der Waals surface area contributed by atoms with Gasteiger partial charge in [0.2, 0.25) is 5.91 Å². The topological polar surface area (TPSA) is 71.5 Å². The fourth-order valence-corrected chi connectivity index (χ4v) is 2.06. The zero-order valence-corrected chi connectivity index (χ0v) is 12.2. The number of thiazole rings is 1. The number of rotatable bonds is 6. The second-order valence-corrected chi connectivity index (χ2v) is 5.07. The molecule has 0 aliphatic heterocycles. The molecule has 1 aromatic rings. The van der Waals surface area contributed by atoms with Crippen LogP contribution in [0.5, 0.6) is 0 Å². The molecule has 2 amide bonds. The molecule has 0 fully saturated rings. The van der Waals surface area contributed by atoms with E-state index in [2.05, 4.69) is 10.3 Å². The van der Waals surface area contributed by atoms with Crippen LogP contribution in [-0.4, -0.2) is 42.1 Å². The van der Waals surface area contributed by atoms with E-state index in [9.17, 15) is 9.59 Å². The molecule has 0 unspecified atom stereocenters. The predicted octanol–water partition coefficient (Wildman–Crippen LogP) is 1.55. The highest BCUT2D eigenvalue weighted by atomic mass is 32.1. The van der Waals surface area contributed by atoms with E-state index in [0.29, 0.717) is 13.2 Å². The average Bonchev–Trinajstić information content (AvgIpc) is 2.75. The molecule has 0 aliphatic rings. The number of alkyl carbamates (subject to hydrolysis) is 1. The van der Waals surface area contributed by atoms with E-state index in [-0.39, 0.29) is 18.9 Å². The molecule has 1 heterocycles. The number of hydrogen-bond acceptors (Lipinski definition) is 5. The number of nitrogens with zero attached hydrogens (tertiary/aromatic N) is 2. The summed E-state index contributed by atoms with van der Waals surface area (Å²) in [5.74, 6) is -0.0394. The first kappa shape index (κ1) is 15.4. The summed E-state index contributed by atoms with van der Waals surface area (Å²) in [5.41, 5.74) is 0.886. The number of ether oxygens (including phenoxy) is 1. The van der Waals surface area contributed by atoms with Gasteiger partial charge in [0.1, 0.15) is 0 Å². The molecule has 0 spiro atoms. The van der Waals surface area contributed by atoms with E-state index in [4.69, 9.17) is 4.74 Å². The van der Waals surface area contributed by atoms with Crippen LogP contribution < -0.4 is 5.32 Å². The Kier molecular flexibility index (Phi) is 6.27. The third-order valence-corrected chi connectivity index (χ3v) is 3.20. The lowest BCUT2D eigenvalue weighted by atomic mass is 10.3. The lowest BCUT2D eigenvalue weighted by Gasteiger charge is -2.15. The second-order valence-electron chi connectivity index (χ2n) is 4.00. The maximum absolute atomic E-state index is 11.8. The zero-order valence-electron chi connectivity index (χ0n) is 11.4. The molecule has 0 atom stereocenters. The quantitative estimate of drug-likeness (QED) is 0.860. The fourth-order valence-electron chi connectivity index (χ4n) is 1.46. The highest BCUT2D eigenvalue weighted by Gasteiger charge is 2.11. The number of aromatic nitrogens is 1. The minimum Gasteiger partial charge on any atom is -0.450 e. The average molecular weight is 285 g/mol. The summed E-state index contributed by atoms with van der Waals surface area (Å²) in [5, 5.41) is 5.44. The highest BCUT2D eigenvalue weighted by Crippen LogP contribution is 2.10. The number of nitrogens with one attached hydrogen (secondary N) is 1. The van der Waals surface area contributed by atoms with Crippen molar-refractivity contribution in [1.82, 2.24) is 15.2 Å². The first-order valence-electron chi connectivity index (χ1n) is 6.08. The van der Waals surface area contributed by atoms with E-state index < -0.39 is 6.09 Å². The van der Waals surface area contributed by atoms with E-state index in [0.717, 1.165) is 10.7 Å². The molecule has 1 N–H and O–H groups in total. The number of hydrogen-bond donors (Lipinski definition) is 1. The molecule has 19 heavy (non-hydrogen) atoms. The van der Waals surface area contributed by atoms with E-state index in [1.807, 2.05) is 12.3 Å². The van der Waals surface area contributed by atoms with Crippen LogP contribution in [-0.2, 0) is 16.1 Å². The van der Waals surface area contributed by atoms with Crippen molar-refractivity contribution < 1.29 is 14.3 Å². The second kappa shape index (κ2) is 7.73. The van der Waals surface area contributed by atoms with Crippen LogP contribution in [0, 0.1) is 6.92 Å². The van der Waals surface area contributed by atoms with Crippen molar-refractivity contribution in [1.29, 1.82) is 0 Å². The maximum Gasteiger partial charge on any atom is 0.407 e. The first-order valence-corrected chi connectivity index (χ1v) is 6.96. The van der Waals surface area contributed by atoms with Crippen molar-refractivity contribution in [3.63, 3.8) is 0 Å². The van der Waals surface area contributed by atoms with Crippen LogP contribution in [0.15, 0.2) is 5.38 Å². The van der Waals surface area contributed by atoms with Gasteiger partial charge in [0.25, 0.3) is 0 Å². The third kappa shape index (κ3) is 5.69. The van der Waals surface area contributed by atoms with Crippen LogP contribution in [0.25, 0.3) is 0 Å². The molecule has 0 bridgehead atoms. The van der Waals surface area contributed by atoms with Gasteiger partial charge in [-0.2, -0.15) is 0 Å². The van der Waals surface area contributed by atoms with Crippen LogP contribution in [0.4, 0.5) is 4.79 Å². The van der Waals surface area contributed by atoms with Crippen molar-refractivity contribution in [3.8, 4) is 0 Å². The fraction of sp³-hybridized carbons (Fsp3) is 0.583. The third-order valence-electron chi connectivity index (χ3n) is 2.38. The molecule has 1 rings (SSSR count). The van der Waals surface area contributed by atoms with Gasteiger partial charge in [0.05, 0.1) is 23.9 Å². The van der Waals surface area contributed by atoms with Crippen LogP contribution >= 0.6 is 11.3 Å². The van der Waals surface area contributed by atoms with Gasteiger partial charge in [0.15, 0.2) is 0 Å². The highest BCUT2D eigenvalue weighted by molar-refractivity contribution is 7.09. The van der Waals surface area contributed by atoms with Crippen molar-refractivity contribution in [2.45, 2.75) is 26.8 Å². The Balaban J connectivity index is 2.27. The van der Waals surface area contributed by atoms with Gasteiger partial charge >= 0.3 is 6.09 Å². The Morgan fingerprint density at radius 1 is 1.53 bits per heavy atom.